The third-order valence-corrected chi connectivity index (χ3v) is 6.70. The number of piperidine rings is 1. The van der Waals surface area contributed by atoms with Crippen LogP contribution in [0.4, 0.5) is 0 Å². The van der Waals surface area contributed by atoms with E-state index in [0.717, 1.165) is 35.3 Å². The molecule has 0 spiro atoms. The first-order valence-corrected chi connectivity index (χ1v) is 8.72. The van der Waals surface area contributed by atoms with E-state index in [1.807, 2.05) is 31.2 Å². The smallest absolute Gasteiger partial charge is 0.0782 e. The van der Waals surface area contributed by atoms with Gasteiger partial charge in [-0.25, -0.2) is 8.57 Å². The minimum absolute atomic E-state index is 0.180. The maximum absolute atomic E-state index is 13.2. The van der Waals surface area contributed by atoms with E-state index < -0.39 is 9.73 Å². The Kier molecular flexibility index (Phi) is 4.81. The molecule has 3 nitrogen and oxygen atoms in total. The van der Waals surface area contributed by atoms with Gasteiger partial charge in [0.15, 0.2) is 0 Å². The van der Waals surface area contributed by atoms with Crippen LogP contribution < -0.4 is 5.32 Å². The fourth-order valence-electron chi connectivity index (χ4n) is 2.31. The van der Waals surface area contributed by atoms with Crippen molar-refractivity contribution in [3.05, 3.63) is 28.7 Å². The van der Waals surface area contributed by atoms with Crippen molar-refractivity contribution in [3.63, 3.8) is 0 Å². The summed E-state index contributed by atoms with van der Waals surface area (Å²) in [4.78, 5) is 0.874. The zero-order chi connectivity index (χ0) is 13.0. The van der Waals surface area contributed by atoms with Crippen LogP contribution in [0, 0.1) is 0 Å². The second kappa shape index (κ2) is 6.17. The summed E-state index contributed by atoms with van der Waals surface area (Å²) in [5, 5.41) is 3.50. The lowest BCUT2D eigenvalue weighted by atomic mass is 10.2. The van der Waals surface area contributed by atoms with E-state index in [9.17, 15) is 4.21 Å². The molecule has 0 amide bonds. The fraction of sp³-hybridized carbons (Fsp3) is 0.538. The average Bonchev–Trinajstić information content (AvgIpc) is 2.40. The van der Waals surface area contributed by atoms with Crippen LogP contribution in [-0.4, -0.2) is 29.1 Å². The van der Waals surface area contributed by atoms with E-state index in [-0.39, 0.29) is 5.25 Å². The lowest BCUT2D eigenvalue weighted by molar-refractivity contribution is 0.516. The van der Waals surface area contributed by atoms with E-state index in [4.69, 9.17) is 0 Å². The molecule has 0 bridgehead atoms. The first-order chi connectivity index (χ1) is 8.66. The van der Waals surface area contributed by atoms with Crippen molar-refractivity contribution in [2.45, 2.75) is 29.9 Å². The van der Waals surface area contributed by atoms with Crippen LogP contribution in [0.1, 0.15) is 19.8 Å². The molecule has 1 saturated heterocycles. The Labute approximate surface area is 118 Å². The number of halogens is 1. The lowest BCUT2D eigenvalue weighted by Gasteiger charge is -2.26. The molecule has 1 aromatic carbocycles. The first kappa shape index (κ1) is 14.0. The van der Waals surface area contributed by atoms with Gasteiger partial charge in [-0.1, -0.05) is 15.9 Å². The summed E-state index contributed by atoms with van der Waals surface area (Å²) >= 11 is 3.41. The molecule has 1 unspecified atom stereocenters. The molecule has 0 aromatic heterocycles. The van der Waals surface area contributed by atoms with Gasteiger partial charge in [0.05, 0.1) is 9.73 Å². The van der Waals surface area contributed by atoms with Gasteiger partial charge in [0.25, 0.3) is 0 Å². The number of nitrogens with zero attached hydrogens (tertiary/aromatic N) is 1. The molecule has 5 heteroatoms. The standard InChI is InChI=1S/C13H19BrN2OS/c1-2-16-18(17,13-7-9-15-10-8-13)12-5-3-11(14)4-6-12/h3-6,13,15H,2,7-10H2,1H3. The molecule has 1 N–H and O–H groups in total. The second-order valence-corrected chi connectivity index (χ2v) is 7.87. The highest BCUT2D eigenvalue weighted by Crippen LogP contribution is 2.26. The minimum atomic E-state index is -2.27. The van der Waals surface area contributed by atoms with Crippen LogP contribution in [0.5, 0.6) is 0 Å². The van der Waals surface area contributed by atoms with Crippen molar-refractivity contribution >= 4 is 25.7 Å². The molecule has 0 saturated carbocycles. The SMILES string of the molecule is CCN=S(=O)(c1ccc(Br)cc1)C1CCNCC1. The molecule has 1 heterocycles. The molecule has 1 aliphatic heterocycles. The maximum Gasteiger partial charge on any atom is 0.0782 e. The van der Waals surface area contributed by atoms with Crippen LogP contribution in [0.2, 0.25) is 0 Å². The summed E-state index contributed by atoms with van der Waals surface area (Å²) < 4.78 is 18.7. The number of nitrogens with one attached hydrogen (secondary N) is 1. The molecule has 100 valence electrons. The highest BCUT2D eigenvalue weighted by Gasteiger charge is 2.26. The lowest BCUT2D eigenvalue weighted by Crippen LogP contribution is -2.35. The van der Waals surface area contributed by atoms with Crippen molar-refractivity contribution in [1.82, 2.24) is 5.32 Å². The Morgan fingerprint density at radius 2 is 1.94 bits per heavy atom. The monoisotopic (exact) mass is 330 g/mol. The number of benzene rings is 1. The topological polar surface area (TPSA) is 41.5 Å². The Hall–Kier alpha value is -0.390. The van der Waals surface area contributed by atoms with Crippen molar-refractivity contribution < 1.29 is 4.21 Å². The van der Waals surface area contributed by atoms with Gasteiger partial charge in [-0.3, -0.25) is 0 Å². The van der Waals surface area contributed by atoms with E-state index >= 15 is 0 Å². The van der Waals surface area contributed by atoms with E-state index in [1.165, 1.54) is 0 Å². The summed E-state index contributed by atoms with van der Waals surface area (Å²) in [5.41, 5.74) is 0. The van der Waals surface area contributed by atoms with Crippen molar-refractivity contribution in [3.8, 4) is 0 Å². The minimum Gasteiger partial charge on any atom is -0.317 e. The quantitative estimate of drug-likeness (QED) is 0.925. The molecule has 0 aliphatic carbocycles. The number of hydrogen-bond donors (Lipinski definition) is 1. The maximum atomic E-state index is 13.2. The average molecular weight is 331 g/mol. The van der Waals surface area contributed by atoms with E-state index in [1.54, 1.807) is 0 Å². The Balaban J connectivity index is 2.40. The number of rotatable bonds is 3. The highest BCUT2D eigenvalue weighted by molar-refractivity contribution is 9.10. The van der Waals surface area contributed by atoms with E-state index in [0.29, 0.717) is 6.54 Å². The molecular weight excluding hydrogens is 312 g/mol. The van der Waals surface area contributed by atoms with Crippen LogP contribution in [0.15, 0.2) is 38.0 Å². The first-order valence-electron chi connectivity index (χ1n) is 6.35. The van der Waals surface area contributed by atoms with Gasteiger partial charge < -0.3 is 5.32 Å². The third kappa shape index (κ3) is 2.95. The summed E-state index contributed by atoms with van der Waals surface area (Å²) in [7, 11) is -2.27. The van der Waals surface area contributed by atoms with Gasteiger partial charge in [-0.2, -0.15) is 0 Å². The third-order valence-electron chi connectivity index (χ3n) is 3.21. The summed E-state index contributed by atoms with van der Waals surface area (Å²) in [6, 6.07) is 7.77. The Morgan fingerprint density at radius 1 is 1.33 bits per heavy atom. The molecule has 18 heavy (non-hydrogen) atoms. The van der Waals surface area contributed by atoms with Gasteiger partial charge in [-0.15, -0.1) is 0 Å². The van der Waals surface area contributed by atoms with Crippen molar-refractivity contribution in [2.24, 2.45) is 4.36 Å². The molecular formula is C13H19BrN2OS. The van der Waals surface area contributed by atoms with Gasteiger partial charge in [-0.05, 0) is 57.1 Å². The second-order valence-electron chi connectivity index (χ2n) is 4.42. The molecule has 0 radical (unpaired) electrons. The largest absolute Gasteiger partial charge is 0.317 e. The van der Waals surface area contributed by atoms with Gasteiger partial charge in [0.1, 0.15) is 0 Å². The van der Waals surface area contributed by atoms with Crippen molar-refractivity contribution in [2.75, 3.05) is 19.6 Å². The summed E-state index contributed by atoms with van der Waals surface area (Å²) in [6.07, 6.45) is 1.89. The van der Waals surface area contributed by atoms with Crippen molar-refractivity contribution in [1.29, 1.82) is 0 Å². The molecule has 1 atom stereocenters. The molecule has 1 fully saturated rings. The predicted octanol–water partition coefficient (Wildman–Crippen LogP) is 3.05. The zero-order valence-electron chi connectivity index (χ0n) is 10.6. The van der Waals surface area contributed by atoms with Crippen LogP contribution in [0.25, 0.3) is 0 Å². The van der Waals surface area contributed by atoms with Gasteiger partial charge in [0, 0.05) is 21.2 Å². The predicted molar refractivity (Wildman–Crippen MR) is 79.4 cm³/mol. The Morgan fingerprint density at radius 3 is 2.50 bits per heavy atom. The van der Waals surface area contributed by atoms with Crippen LogP contribution in [-0.2, 0) is 9.73 Å². The number of hydrogen-bond acceptors (Lipinski definition) is 3. The van der Waals surface area contributed by atoms with Gasteiger partial charge in [0.2, 0.25) is 0 Å². The normalized spacial score (nSPS) is 20.3. The Bertz CT molecular complexity index is 500. The fourth-order valence-corrected chi connectivity index (χ4v) is 5.10. The zero-order valence-corrected chi connectivity index (χ0v) is 13.0. The summed E-state index contributed by atoms with van der Waals surface area (Å²) in [5.74, 6) is 0. The van der Waals surface area contributed by atoms with Crippen LogP contribution >= 0.6 is 15.9 Å². The molecule has 1 aliphatic rings. The molecule has 1 aromatic rings. The molecule has 2 rings (SSSR count). The highest BCUT2D eigenvalue weighted by atomic mass is 79.9. The van der Waals surface area contributed by atoms with E-state index in [2.05, 4.69) is 25.6 Å². The van der Waals surface area contributed by atoms with Gasteiger partial charge >= 0.3 is 0 Å². The summed E-state index contributed by atoms with van der Waals surface area (Å²) in [6.45, 7) is 4.45. The van der Waals surface area contributed by atoms with Crippen LogP contribution in [0.3, 0.4) is 0 Å².